The lowest BCUT2D eigenvalue weighted by Gasteiger charge is -2.36. The number of hydrogen-bond acceptors (Lipinski definition) is 1. The third kappa shape index (κ3) is 2.83. The predicted octanol–water partition coefficient (Wildman–Crippen LogP) is 4.37. The minimum absolute atomic E-state index is 0.0560. The Labute approximate surface area is 152 Å². The van der Waals surface area contributed by atoms with Crippen LogP contribution in [0.25, 0.3) is 10.9 Å². The number of aromatic nitrogens is 1. The van der Waals surface area contributed by atoms with E-state index in [9.17, 15) is 9.18 Å². The summed E-state index contributed by atoms with van der Waals surface area (Å²) in [6.45, 7) is 4.52. The SMILES string of the molecule is CC(C)NC(=O)N1CCc2c([nH]c3ccccc23)C1c1ccc(F)cc1. The molecule has 2 heterocycles. The molecule has 1 unspecified atom stereocenters. The highest BCUT2D eigenvalue weighted by atomic mass is 19.1. The molecule has 0 fully saturated rings. The van der Waals surface area contributed by atoms with E-state index >= 15 is 0 Å². The first kappa shape index (κ1) is 16.6. The number of fused-ring (bicyclic) bond motifs is 3. The summed E-state index contributed by atoms with van der Waals surface area (Å²) in [5.41, 5.74) is 4.22. The summed E-state index contributed by atoms with van der Waals surface area (Å²) >= 11 is 0. The average molecular weight is 351 g/mol. The van der Waals surface area contributed by atoms with Gasteiger partial charge in [-0.05, 0) is 49.6 Å². The Hall–Kier alpha value is -2.82. The maximum Gasteiger partial charge on any atom is 0.318 e. The van der Waals surface area contributed by atoms with Gasteiger partial charge in [0.2, 0.25) is 0 Å². The van der Waals surface area contributed by atoms with Gasteiger partial charge in [-0.15, -0.1) is 0 Å². The number of urea groups is 1. The number of hydrogen-bond donors (Lipinski definition) is 2. The molecule has 1 aliphatic rings. The van der Waals surface area contributed by atoms with Crippen LogP contribution in [0, 0.1) is 5.82 Å². The molecule has 26 heavy (non-hydrogen) atoms. The van der Waals surface area contributed by atoms with Crippen molar-refractivity contribution in [3.05, 3.63) is 71.2 Å². The summed E-state index contributed by atoms with van der Waals surface area (Å²) in [4.78, 5) is 18.2. The smallest absolute Gasteiger partial charge is 0.318 e. The van der Waals surface area contributed by atoms with E-state index in [-0.39, 0.29) is 23.9 Å². The van der Waals surface area contributed by atoms with E-state index in [0.717, 1.165) is 23.2 Å². The van der Waals surface area contributed by atoms with Crippen LogP contribution in [-0.4, -0.2) is 28.5 Å². The van der Waals surface area contributed by atoms with Crippen LogP contribution < -0.4 is 5.32 Å². The highest BCUT2D eigenvalue weighted by Crippen LogP contribution is 2.38. The van der Waals surface area contributed by atoms with Crippen molar-refractivity contribution in [3.63, 3.8) is 0 Å². The van der Waals surface area contributed by atoms with Crippen LogP contribution in [0.5, 0.6) is 0 Å². The number of aromatic amines is 1. The average Bonchev–Trinajstić information content (AvgIpc) is 3.00. The van der Waals surface area contributed by atoms with E-state index in [2.05, 4.69) is 16.4 Å². The van der Waals surface area contributed by atoms with Gasteiger partial charge in [0, 0.05) is 29.2 Å². The van der Waals surface area contributed by atoms with Crippen LogP contribution in [0.4, 0.5) is 9.18 Å². The normalized spacial score (nSPS) is 16.8. The van der Waals surface area contributed by atoms with Gasteiger partial charge in [0.1, 0.15) is 5.82 Å². The van der Waals surface area contributed by atoms with Gasteiger partial charge in [-0.3, -0.25) is 0 Å². The van der Waals surface area contributed by atoms with Crippen molar-refractivity contribution < 1.29 is 9.18 Å². The highest BCUT2D eigenvalue weighted by Gasteiger charge is 2.34. The van der Waals surface area contributed by atoms with E-state index < -0.39 is 0 Å². The molecule has 0 radical (unpaired) electrons. The van der Waals surface area contributed by atoms with Gasteiger partial charge in [-0.25, -0.2) is 9.18 Å². The molecule has 4 nitrogen and oxygen atoms in total. The first-order valence-electron chi connectivity index (χ1n) is 8.96. The van der Waals surface area contributed by atoms with E-state index in [4.69, 9.17) is 0 Å². The molecule has 1 atom stereocenters. The summed E-state index contributed by atoms with van der Waals surface area (Å²) in [5.74, 6) is -0.278. The van der Waals surface area contributed by atoms with Crippen LogP contribution >= 0.6 is 0 Å². The van der Waals surface area contributed by atoms with Crippen molar-refractivity contribution in [3.8, 4) is 0 Å². The number of carbonyl (C=O) groups excluding carboxylic acids is 1. The van der Waals surface area contributed by atoms with E-state index in [0.29, 0.717) is 6.54 Å². The van der Waals surface area contributed by atoms with Gasteiger partial charge in [0.25, 0.3) is 0 Å². The molecule has 0 spiro atoms. The van der Waals surface area contributed by atoms with Crippen molar-refractivity contribution in [1.29, 1.82) is 0 Å². The fraction of sp³-hybridized carbons (Fsp3) is 0.286. The largest absolute Gasteiger partial charge is 0.356 e. The fourth-order valence-electron chi connectivity index (χ4n) is 3.78. The lowest BCUT2D eigenvalue weighted by molar-refractivity contribution is 0.177. The topological polar surface area (TPSA) is 48.1 Å². The highest BCUT2D eigenvalue weighted by molar-refractivity contribution is 5.86. The molecule has 5 heteroatoms. The maximum absolute atomic E-state index is 13.4. The molecule has 0 saturated heterocycles. The third-order valence-corrected chi connectivity index (χ3v) is 4.89. The summed E-state index contributed by atoms with van der Waals surface area (Å²) in [6, 6.07) is 14.3. The van der Waals surface area contributed by atoms with Gasteiger partial charge >= 0.3 is 6.03 Å². The molecule has 2 aromatic carbocycles. The van der Waals surface area contributed by atoms with E-state index in [1.54, 1.807) is 12.1 Å². The monoisotopic (exact) mass is 351 g/mol. The van der Waals surface area contributed by atoms with Gasteiger partial charge in [0.05, 0.1) is 6.04 Å². The van der Waals surface area contributed by atoms with Gasteiger partial charge in [-0.2, -0.15) is 0 Å². The van der Waals surface area contributed by atoms with Crippen LogP contribution in [0.3, 0.4) is 0 Å². The molecule has 1 aliphatic heterocycles. The van der Waals surface area contributed by atoms with Crippen molar-refractivity contribution >= 4 is 16.9 Å². The zero-order valence-corrected chi connectivity index (χ0v) is 14.9. The van der Waals surface area contributed by atoms with Crippen LogP contribution in [0.1, 0.15) is 36.7 Å². The molecule has 3 aromatic rings. The zero-order valence-electron chi connectivity index (χ0n) is 14.9. The second kappa shape index (κ2) is 6.48. The Morgan fingerprint density at radius 3 is 2.65 bits per heavy atom. The molecule has 4 rings (SSSR count). The molecule has 0 bridgehead atoms. The Morgan fingerprint density at radius 2 is 1.92 bits per heavy atom. The number of nitrogens with zero attached hydrogens (tertiary/aromatic N) is 1. The fourth-order valence-corrected chi connectivity index (χ4v) is 3.78. The summed E-state index contributed by atoms with van der Waals surface area (Å²) in [5, 5.41) is 4.18. The van der Waals surface area contributed by atoms with Crippen molar-refractivity contribution in [2.45, 2.75) is 32.4 Å². The maximum atomic E-state index is 13.4. The number of nitrogens with one attached hydrogen (secondary N) is 2. The van der Waals surface area contributed by atoms with E-state index in [1.165, 1.54) is 23.1 Å². The molecular weight excluding hydrogens is 329 g/mol. The Balaban J connectivity index is 1.84. The minimum Gasteiger partial charge on any atom is -0.356 e. The number of H-pyrrole nitrogens is 1. The van der Waals surface area contributed by atoms with Crippen LogP contribution in [0.15, 0.2) is 48.5 Å². The lowest BCUT2D eigenvalue weighted by Crippen LogP contribution is -2.47. The molecule has 0 aliphatic carbocycles. The summed E-state index contributed by atoms with van der Waals surface area (Å²) in [6.07, 6.45) is 0.794. The van der Waals surface area contributed by atoms with Crippen LogP contribution in [-0.2, 0) is 6.42 Å². The number of para-hydroxylation sites is 1. The number of halogens is 1. The Kier molecular flexibility index (Phi) is 4.15. The molecule has 2 amide bonds. The summed E-state index contributed by atoms with van der Waals surface area (Å²) in [7, 11) is 0. The Morgan fingerprint density at radius 1 is 1.19 bits per heavy atom. The first-order chi connectivity index (χ1) is 12.5. The summed E-state index contributed by atoms with van der Waals surface area (Å²) < 4.78 is 13.4. The molecule has 134 valence electrons. The molecule has 2 N–H and O–H groups in total. The second-order valence-electron chi connectivity index (χ2n) is 7.06. The lowest BCUT2D eigenvalue weighted by atomic mass is 9.92. The zero-order chi connectivity index (χ0) is 18.3. The number of amides is 2. The van der Waals surface area contributed by atoms with Crippen molar-refractivity contribution in [2.75, 3.05) is 6.54 Å². The number of benzene rings is 2. The third-order valence-electron chi connectivity index (χ3n) is 4.89. The van der Waals surface area contributed by atoms with E-state index in [1.807, 2.05) is 36.9 Å². The second-order valence-corrected chi connectivity index (χ2v) is 7.06. The van der Waals surface area contributed by atoms with Crippen molar-refractivity contribution in [2.24, 2.45) is 0 Å². The van der Waals surface area contributed by atoms with Gasteiger partial charge < -0.3 is 15.2 Å². The standard InChI is InChI=1S/C21H22FN3O/c1-13(2)23-21(26)25-12-11-17-16-5-3-4-6-18(16)24-19(17)20(25)14-7-9-15(22)10-8-14/h3-10,13,20,24H,11-12H2,1-2H3,(H,23,26). The Bertz CT molecular complexity index is 946. The predicted molar refractivity (Wildman–Crippen MR) is 101 cm³/mol. The molecule has 0 saturated carbocycles. The number of carbonyl (C=O) groups is 1. The number of rotatable bonds is 2. The van der Waals surface area contributed by atoms with Crippen molar-refractivity contribution in [1.82, 2.24) is 15.2 Å². The van der Waals surface area contributed by atoms with Gasteiger partial charge in [-0.1, -0.05) is 30.3 Å². The first-order valence-corrected chi connectivity index (χ1v) is 8.96. The van der Waals surface area contributed by atoms with Gasteiger partial charge in [0.15, 0.2) is 0 Å². The van der Waals surface area contributed by atoms with Crippen LogP contribution in [0.2, 0.25) is 0 Å². The molecular formula is C21H22FN3O. The minimum atomic E-state index is -0.278. The molecule has 1 aromatic heterocycles. The quantitative estimate of drug-likeness (QED) is 0.707.